The molecule has 1 fully saturated rings. The highest BCUT2D eigenvalue weighted by Crippen LogP contribution is 2.32. The Balaban J connectivity index is 1.82. The zero-order valence-corrected chi connectivity index (χ0v) is 10.7. The molecule has 1 aromatic carbocycles. The molecule has 0 bridgehead atoms. The van der Waals surface area contributed by atoms with Gasteiger partial charge in [0, 0.05) is 0 Å². The zero-order chi connectivity index (χ0) is 11.4. The lowest BCUT2D eigenvalue weighted by molar-refractivity contribution is 0.460. The average molecular weight is 216 g/mol. The van der Waals surface area contributed by atoms with Crippen LogP contribution in [-0.4, -0.2) is 0 Å². The van der Waals surface area contributed by atoms with Crippen LogP contribution < -0.4 is 0 Å². The Bertz CT molecular complexity index is 303. The lowest BCUT2D eigenvalue weighted by Crippen LogP contribution is -1.99. The molecule has 0 nitrogen and oxygen atoms in total. The van der Waals surface area contributed by atoms with Crippen LogP contribution in [0.1, 0.15) is 62.5 Å². The summed E-state index contributed by atoms with van der Waals surface area (Å²) in [6, 6.07) is 9.08. The molecule has 1 unspecified atom stereocenters. The molecule has 2 rings (SSSR count). The molecule has 16 heavy (non-hydrogen) atoms. The highest BCUT2D eigenvalue weighted by molar-refractivity contribution is 5.23. The van der Waals surface area contributed by atoms with Crippen molar-refractivity contribution in [1.29, 1.82) is 0 Å². The van der Waals surface area contributed by atoms with Gasteiger partial charge in [-0.3, -0.25) is 0 Å². The molecule has 88 valence electrons. The first-order valence-corrected chi connectivity index (χ1v) is 6.82. The molecule has 0 heterocycles. The summed E-state index contributed by atoms with van der Waals surface area (Å²) < 4.78 is 0. The van der Waals surface area contributed by atoms with E-state index in [1.54, 1.807) is 0 Å². The quantitative estimate of drug-likeness (QED) is 0.659. The van der Waals surface area contributed by atoms with Crippen LogP contribution in [0.3, 0.4) is 0 Å². The van der Waals surface area contributed by atoms with Gasteiger partial charge in [0.15, 0.2) is 0 Å². The Labute approximate surface area is 100 Å². The van der Waals surface area contributed by atoms with Crippen molar-refractivity contribution in [2.45, 2.75) is 58.3 Å². The Morgan fingerprint density at radius 1 is 1.12 bits per heavy atom. The maximum Gasteiger partial charge on any atom is -0.0190 e. The van der Waals surface area contributed by atoms with Gasteiger partial charge in [-0.25, -0.2) is 0 Å². The molecule has 0 amide bonds. The van der Waals surface area contributed by atoms with Gasteiger partial charge in [-0.2, -0.15) is 0 Å². The first-order chi connectivity index (χ1) is 7.75. The second-order valence-corrected chi connectivity index (χ2v) is 5.54. The van der Waals surface area contributed by atoms with E-state index in [0.29, 0.717) is 0 Å². The van der Waals surface area contributed by atoms with Crippen molar-refractivity contribution in [3.8, 4) is 0 Å². The Kier molecular flexibility index (Phi) is 4.04. The molecule has 0 N–H and O–H groups in total. The van der Waals surface area contributed by atoms with Gasteiger partial charge in [0.1, 0.15) is 0 Å². The maximum atomic E-state index is 2.37. The zero-order valence-electron chi connectivity index (χ0n) is 10.7. The second kappa shape index (κ2) is 5.52. The van der Waals surface area contributed by atoms with Gasteiger partial charge in [-0.1, -0.05) is 62.4 Å². The van der Waals surface area contributed by atoms with E-state index in [1.165, 1.54) is 49.7 Å². The lowest BCUT2D eigenvalue weighted by atomic mass is 9.91. The van der Waals surface area contributed by atoms with Crippen LogP contribution in [-0.2, 0) is 0 Å². The van der Waals surface area contributed by atoms with Gasteiger partial charge in [-0.05, 0) is 37.2 Å². The summed E-state index contributed by atoms with van der Waals surface area (Å²) in [4.78, 5) is 0. The monoisotopic (exact) mass is 216 g/mol. The Morgan fingerprint density at radius 3 is 2.38 bits per heavy atom. The molecule has 0 spiro atoms. The fraction of sp³-hybridized carbons (Fsp3) is 0.625. The van der Waals surface area contributed by atoms with Crippen LogP contribution in [0.2, 0.25) is 0 Å². The normalized spacial score (nSPS) is 18.9. The first kappa shape index (κ1) is 11.7. The van der Waals surface area contributed by atoms with E-state index >= 15 is 0 Å². The number of benzene rings is 1. The van der Waals surface area contributed by atoms with Gasteiger partial charge in [-0.15, -0.1) is 0 Å². The van der Waals surface area contributed by atoms with E-state index in [0.717, 1.165) is 11.8 Å². The Hall–Kier alpha value is -0.780. The van der Waals surface area contributed by atoms with Gasteiger partial charge in [0.2, 0.25) is 0 Å². The highest BCUT2D eigenvalue weighted by atomic mass is 14.2. The molecule has 0 aliphatic heterocycles. The van der Waals surface area contributed by atoms with E-state index in [9.17, 15) is 0 Å². The summed E-state index contributed by atoms with van der Waals surface area (Å²) in [7, 11) is 0. The summed E-state index contributed by atoms with van der Waals surface area (Å²) >= 11 is 0. The van der Waals surface area contributed by atoms with E-state index in [4.69, 9.17) is 0 Å². The molecule has 1 atom stereocenters. The van der Waals surface area contributed by atoms with Crippen molar-refractivity contribution >= 4 is 0 Å². The molecule has 0 aromatic heterocycles. The molecule has 0 radical (unpaired) electrons. The Morgan fingerprint density at radius 2 is 1.75 bits per heavy atom. The minimum absolute atomic E-state index is 0.737. The van der Waals surface area contributed by atoms with Gasteiger partial charge >= 0.3 is 0 Å². The number of hydrogen-bond acceptors (Lipinski definition) is 0. The molecule has 1 aliphatic rings. The summed E-state index contributed by atoms with van der Waals surface area (Å²) in [5, 5.41) is 0. The largest absolute Gasteiger partial charge is 0.0590 e. The van der Waals surface area contributed by atoms with E-state index < -0.39 is 0 Å². The predicted octanol–water partition coefficient (Wildman–Crippen LogP) is 5.07. The average Bonchev–Trinajstić information content (AvgIpc) is 2.80. The first-order valence-electron chi connectivity index (χ1n) is 6.82. The number of hydrogen-bond donors (Lipinski definition) is 0. The van der Waals surface area contributed by atoms with Crippen molar-refractivity contribution in [2.75, 3.05) is 0 Å². The topological polar surface area (TPSA) is 0 Å². The molecule has 1 aliphatic carbocycles. The lowest BCUT2D eigenvalue weighted by Gasteiger charge is -2.15. The summed E-state index contributed by atoms with van der Waals surface area (Å²) in [5.74, 6) is 1.77. The molecule has 0 heteroatoms. The fourth-order valence-corrected chi connectivity index (χ4v) is 2.85. The molecular weight excluding hydrogens is 192 g/mol. The third-order valence-electron chi connectivity index (χ3n) is 4.13. The van der Waals surface area contributed by atoms with Crippen molar-refractivity contribution < 1.29 is 0 Å². The van der Waals surface area contributed by atoms with Crippen LogP contribution in [0.25, 0.3) is 0 Å². The minimum Gasteiger partial charge on any atom is -0.0590 e. The summed E-state index contributed by atoms with van der Waals surface area (Å²) in [6.07, 6.45) is 8.73. The number of rotatable bonds is 4. The van der Waals surface area contributed by atoms with Crippen molar-refractivity contribution in [3.05, 3.63) is 35.4 Å². The van der Waals surface area contributed by atoms with Crippen LogP contribution in [0.4, 0.5) is 0 Å². The van der Waals surface area contributed by atoms with Crippen molar-refractivity contribution in [3.63, 3.8) is 0 Å². The van der Waals surface area contributed by atoms with Gasteiger partial charge < -0.3 is 0 Å². The standard InChI is InChI=1S/C16H24/c1-13-7-11-16(12-8-13)14(2)9-10-15-5-3-4-6-15/h7-8,11-12,14-15H,3-6,9-10H2,1-2H3. The maximum absolute atomic E-state index is 2.37. The third-order valence-corrected chi connectivity index (χ3v) is 4.13. The molecule has 1 saturated carbocycles. The van der Waals surface area contributed by atoms with Gasteiger partial charge in [0.25, 0.3) is 0 Å². The summed E-state index contributed by atoms with van der Waals surface area (Å²) in [6.45, 7) is 4.53. The van der Waals surface area contributed by atoms with E-state index in [1.807, 2.05) is 0 Å². The molecule has 1 aromatic rings. The van der Waals surface area contributed by atoms with Crippen LogP contribution in [0.15, 0.2) is 24.3 Å². The predicted molar refractivity (Wildman–Crippen MR) is 70.8 cm³/mol. The molecule has 0 saturated heterocycles. The van der Waals surface area contributed by atoms with Crippen molar-refractivity contribution in [2.24, 2.45) is 5.92 Å². The second-order valence-electron chi connectivity index (χ2n) is 5.54. The van der Waals surface area contributed by atoms with Crippen molar-refractivity contribution in [1.82, 2.24) is 0 Å². The molecular formula is C16H24. The highest BCUT2D eigenvalue weighted by Gasteiger charge is 2.16. The van der Waals surface area contributed by atoms with Crippen LogP contribution >= 0.6 is 0 Å². The summed E-state index contributed by atoms with van der Waals surface area (Å²) in [5.41, 5.74) is 2.88. The van der Waals surface area contributed by atoms with Crippen LogP contribution in [0.5, 0.6) is 0 Å². The fourth-order valence-electron chi connectivity index (χ4n) is 2.85. The van der Waals surface area contributed by atoms with Crippen LogP contribution in [0, 0.1) is 12.8 Å². The SMILES string of the molecule is Cc1ccc(C(C)CCC2CCCC2)cc1. The smallest absolute Gasteiger partial charge is 0.0190 e. The minimum atomic E-state index is 0.737. The number of aryl methyl sites for hydroxylation is 1. The third kappa shape index (κ3) is 3.10. The van der Waals surface area contributed by atoms with E-state index in [-0.39, 0.29) is 0 Å². The van der Waals surface area contributed by atoms with Gasteiger partial charge in [0.05, 0.1) is 0 Å². The van der Waals surface area contributed by atoms with E-state index in [2.05, 4.69) is 38.1 Å².